The van der Waals surface area contributed by atoms with E-state index in [9.17, 15) is 18.0 Å². The molecule has 0 atom stereocenters. The van der Waals surface area contributed by atoms with Gasteiger partial charge in [-0.3, -0.25) is 0 Å². The molecule has 3 nitrogen and oxygen atoms in total. The van der Waals surface area contributed by atoms with E-state index >= 15 is 0 Å². The van der Waals surface area contributed by atoms with Gasteiger partial charge in [0, 0.05) is 11.6 Å². The van der Waals surface area contributed by atoms with Gasteiger partial charge in [-0.2, -0.15) is 13.2 Å². The van der Waals surface area contributed by atoms with Gasteiger partial charge >= 0.3 is 12.1 Å². The zero-order chi connectivity index (χ0) is 14.5. The fourth-order valence-electron chi connectivity index (χ4n) is 1.21. The molecular formula is C12H12F3NO2S. The molecule has 0 amide bonds. The topological polar surface area (TPSA) is 50.2 Å². The van der Waals surface area contributed by atoms with Crippen molar-refractivity contribution >= 4 is 23.8 Å². The average molecular weight is 291 g/mol. The molecule has 0 aliphatic rings. The van der Waals surface area contributed by atoms with Crippen molar-refractivity contribution in [2.75, 3.05) is 5.75 Å². The van der Waals surface area contributed by atoms with Crippen LogP contribution in [-0.4, -0.2) is 21.8 Å². The Morgan fingerprint density at radius 3 is 2.68 bits per heavy atom. The monoisotopic (exact) mass is 291 g/mol. The number of aliphatic carboxylic acids is 1. The first kappa shape index (κ1) is 15.6. The van der Waals surface area contributed by atoms with Crippen LogP contribution in [0.1, 0.15) is 24.6 Å². The number of halogens is 3. The molecule has 0 saturated carbocycles. The second-order valence-corrected chi connectivity index (χ2v) is 4.69. The number of aromatic nitrogens is 1. The maximum Gasteiger partial charge on any atom is 0.433 e. The molecule has 19 heavy (non-hydrogen) atoms. The minimum absolute atomic E-state index is 0.189. The molecule has 1 N–H and O–H groups in total. The van der Waals surface area contributed by atoms with Gasteiger partial charge in [0.15, 0.2) is 0 Å². The van der Waals surface area contributed by atoms with E-state index in [4.69, 9.17) is 5.11 Å². The van der Waals surface area contributed by atoms with Crippen molar-refractivity contribution in [1.29, 1.82) is 0 Å². The number of pyridine rings is 1. The maximum atomic E-state index is 12.6. The maximum absolute atomic E-state index is 12.6. The van der Waals surface area contributed by atoms with Crippen LogP contribution >= 0.6 is 11.8 Å². The van der Waals surface area contributed by atoms with Crippen molar-refractivity contribution in [1.82, 2.24) is 4.98 Å². The summed E-state index contributed by atoms with van der Waals surface area (Å²) in [6.45, 7) is 1.90. The predicted octanol–water partition coefficient (Wildman–Crippen LogP) is 3.70. The van der Waals surface area contributed by atoms with E-state index in [0.29, 0.717) is 11.3 Å². The number of alkyl halides is 3. The molecule has 0 radical (unpaired) electrons. The quantitative estimate of drug-likeness (QED) is 0.664. The Morgan fingerprint density at radius 2 is 2.16 bits per heavy atom. The molecular weight excluding hydrogens is 279 g/mol. The second kappa shape index (κ2) is 6.60. The van der Waals surface area contributed by atoms with Gasteiger partial charge in [-0.05, 0) is 24.3 Å². The second-order valence-electron chi connectivity index (χ2n) is 3.61. The molecule has 0 bridgehead atoms. The number of rotatable bonds is 5. The number of hydrogen-bond acceptors (Lipinski definition) is 3. The van der Waals surface area contributed by atoms with E-state index in [-0.39, 0.29) is 5.03 Å². The molecule has 1 heterocycles. The van der Waals surface area contributed by atoms with Crippen LogP contribution in [0.2, 0.25) is 0 Å². The van der Waals surface area contributed by atoms with Crippen LogP contribution < -0.4 is 0 Å². The van der Waals surface area contributed by atoms with Crippen LogP contribution in [0.15, 0.2) is 23.2 Å². The third kappa shape index (κ3) is 4.94. The first-order valence-corrected chi connectivity index (χ1v) is 6.45. The van der Waals surface area contributed by atoms with Crippen LogP contribution in [0.3, 0.4) is 0 Å². The molecule has 1 aromatic heterocycles. The summed E-state index contributed by atoms with van der Waals surface area (Å²) in [6, 6.07) is 2.07. The van der Waals surface area contributed by atoms with E-state index < -0.39 is 17.8 Å². The van der Waals surface area contributed by atoms with Gasteiger partial charge < -0.3 is 5.11 Å². The Balaban J connectivity index is 3.12. The van der Waals surface area contributed by atoms with Gasteiger partial charge in [-0.15, -0.1) is 11.8 Å². The highest BCUT2D eigenvalue weighted by molar-refractivity contribution is 7.99. The average Bonchev–Trinajstić information content (AvgIpc) is 2.32. The normalized spacial score (nSPS) is 12.0. The zero-order valence-corrected chi connectivity index (χ0v) is 10.9. The van der Waals surface area contributed by atoms with E-state index in [1.807, 2.05) is 6.92 Å². The van der Waals surface area contributed by atoms with Crippen molar-refractivity contribution in [3.05, 3.63) is 29.5 Å². The SMILES string of the molecule is CCCSc1nc(C(F)(F)F)ccc1/C=C/C(=O)O. The Morgan fingerprint density at radius 1 is 1.47 bits per heavy atom. The molecule has 0 aliphatic heterocycles. The molecule has 0 saturated heterocycles. The van der Waals surface area contributed by atoms with Crippen LogP contribution in [-0.2, 0) is 11.0 Å². The number of thioether (sulfide) groups is 1. The highest BCUT2D eigenvalue weighted by Crippen LogP contribution is 2.31. The van der Waals surface area contributed by atoms with Gasteiger partial charge in [0.25, 0.3) is 0 Å². The molecule has 0 aliphatic carbocycles. The van der Waals surface area contributed by atoms with Gasteiger partial charge in [0.2, 0.25) is 0 Å². The van der Waals surface area contributed by atoms with Crippen molar-refractivity contribution in [2.45, 2.75) is 24.5 Å². The predicted molar refractivity (Wildman–Crippen MR) is 66.9 cm³/mol. The lowest BCUT2D eigenvalue weighted by atomic mass is 10.2. The minimum Gasteiger partial charge on any atom is -0.478 e. The Labute approximate surface area is 112 Å². The molecule has 1 aromatic rings. The lowest BCUT2D eigenvalue weighted by molar-refractivity contribution is -0.141. The van der Waals surface area contributed by atoms with Crippen LogP contribution in [0, 0.1) is 0 Å². The fourth-order valence-corrected chi connectivity index (χ4v) is 2.07. The summed E-state index contributed by atoms with van der Waals surface area (Å²) >= 11 is 1.17. The zero-order valence-electron chi connectivity index (χ0n) is 10.1. The Bertz CT molecular complexity index is 486. The summed E-state index contributed by atoms with van der Waals surface area (Å²) in [5, 5.41) is 8.72. The van der Waals surface area contributed by atoms with E-state index in [2.05, 4.69) is 4.98 Å². The molecule has 0 spiro atoms. The summed E-state index contributed by atoms with van der Waals surface area (Å²) in [4.78, 5) is 14.0. The van der Waals surface area contributed by atoms with Gasteiger partial charge in [-0.25, -0.2) is 9.78 Å². The van der Waals surface area contributed by atoms with E-state index in [1.165, 1.54) is 23.9 Å². The number of hydrogen-bond donors (Lipinski definition) is 1. The standard InChI is InChI=1S/C12H12F3NO2S/c1-2-7-19-11-8(4-6-10(17)18)3-5-9(16-11)12(13,14)15/h3-6H,2,7H2,1H3,(H,17,18)/b6-4+. The molecule has 104 valence electrons. The summed E-state index contributed by atoms with van der Waals surface area (Å²) in [7, 11) is 0. The Hall–Kier alpha value is -1.50. The van der Waals surface area contributed by atoms with E-state index in [1.54, 1.807) is 0 Å². The first-order chi connectivity index (χ1) is 8.84. The third-order valence-electron chi connectivity index (χ3n) is 2.03. The third-order valence-corrected chi connectivity index (χ3v) is 3.24. The summed E-state index contributed by atoms with van der Waals surface area (Å²) in [5.74, 6) is -0.547. The van der Waals surface area contributed by atoms with Gasteiger partial charge in [0.1, 0.15) is 10.7 Å². The molecule has 1 rings (SSSR count). The minimum atomic E-state index is -4.50. The molecule has 0 fully saturated rings. The van der Waals surface area contributed by atoms with Crippen LogP contribution in [0.4, 0.5) is 13.2 Å². The summed E-state index contributed by atoms with van der Waals surface area (Å²) in [5.41, 5.74) is -0.604. The van der Waals surface area contributed by atoms with Crippen molar-refractivity contribution < 1.29 is 23.1 Å². The lowest BCUT2D eigenvalue weighted by Crippen LogP contribution is -2.08. The highest BCUT2D eigenvalue weighted by atomic mass is 32.2. The number of nitrogens with zero attached hydrogens (tertiary/aromatic N) is 1. The summed E-state index contributed by atoms with van der Waals surface area (Å²) < 4.78 is 37.7. The van der Waals surface area contributed by atoms with Gasteiger partial charge in [0.05, 0.1) is 0 Å². The van der Waals surface area contributed by atoms with Crippen molar-refractivity contribution in [2.24, 2.45) is 0 Å². The van der Waals surface area contributed by atoms with Crippen molar-refractivity contribution in [3.8, 4) is 0 Å². The first-order valence-electron chi connectivity index (χ1n) is 5.46. The largest absolute Gasteiger partial charge is 0.478 e. The molecule has 7 heteroatoms. The summed E-state index contributed by atoms with van der Waals surface area (Å²) in [6.07, 6.45) is -1.60. The smallest absolute Gasteiger partial charge is 0.433 e. The van der Waals surface area contributed by atoms with E-state index in [0.717, 1.165) is 18.6 Å². The number of carbonyl (C=O) groups is 1. The Kier molecular flexibility index (Phi) is 5.41. The molecule has 0 unspecified atom stereocenters. The highest BCUT2D eigenvalue weighted by Gasteiger charge is 2.32. The lowest BCUT2D eigenvalue weighted by Gasteiger charge is -2.09. The van der Waals surface area contributed by atoms with Crippen molar-refractivity contribution in [3.63, 3.8) is 0 Å². The number of carboxylic acids is 1. The molecule has 0 aromatic carbocycles. The van der Waals surface area contributed by atoms with Crippen LogP contribution in [0.5, 0.6) is 0 Å². The van der Waals surface area contributed by atoms with Gasteiger partial charge in [-0.1, -0.05) is 13.0 Å². The fraction of sp³-hybridized carbons (Fsp3) is 0.333. The van der Waals surface area contributed by atoms with Crippen LogP contribution in [0.25, 0.3) is 6.08 Å². The number of carboxylic acid groups (broad SMARTS) is 1.